The highest BCUT2D eigenvalue weighted by Gasteiger charge is 2.40. The Balaban J connectivity index is 2.10. The Morgan fingerprint density at radius 2 is 2.37 bits per heavy atom. The van der Waals surface area contributed by atoms with E-state index in [-0.39, 0.29) is 11.3 Å². The van der Waals surface area contributed by atoms with Crippen LogP contribution in [0, 0.1) is 5.41 Å². The highest BCUT2D eigenvalue weighted by Crippen LogP contribution is 2.32. The van der Waals surface area contributed by atoms with E-state index < -0.39 is 0 Å². The molecule has 4 heteroatoms. The van der Waals surface area contributed by atoms with E-state index >= 15 is 0 Å². The van der Waals surface area contributed by atoms with Crippen molar-refractivity contribution in [2.75, 3.05) is 25.5 Å². The molecular weight excluding hydrogens is 240 g/mol. The lowest BCUT2D eigenvalue weighted by molar-refractivity contribution is -0.125. The van der Waals surface area contributed by atoms with Crippen molar-refractivity contribution in [3.63, 3.8) is 0 Å². The average molecular weight is 262 g/mol. The third-order valence-corrected chi connectivity index (χ3v) is 3.78. The van der Waals surface area contributed by atoms with Gasteiger partial charge in [0.05, 0.1) is 12.5 Å². The predicted octanol–water partition coefficient (Wildman–Crippen LogP) is 2.41. The molecule has 19 heavy (non-hydrogen) atoms. The molecule has 0 bridgehead atoms. The molecule has 1 fully saturated rings. The topological polar surface area (TPSA) is 50.4 Å². The van der Waals surface area contributed by atoms with Gasteiger partial charge in [-0.15, -0.1) is 0 Å². The van der Waals surface area contributed by atoms with Crippen LogP contribution in [0.15, 0.2) is 24.3 Å². The Kier molecular flexibility index (Phi) is 4.43. The van der Waals surface area contributed by atoms with Crippen molar-refractivity contribution in [1.29, 1.82) is 0 Å². The Hall–Kier alpha value is -1.55. The van der Waals surface area contributed by atoms with E-state index in [2.05, 4.69) is 17.6 Å². The van der Waals surface area contributed by atoms with Crippen LogP contribution in [-0.4, -0.2) is 26.1 Å². The summed E-state index contributed by atoms with van der Waals surface area (Å²) in [6.45, 7) is 3.82. The predicted molar refractivity (Wildman–Crippen MR) is 76.5 cm³/mol. The fourth-order valence-corrected chi connectivity index (χ4v) is 2.71. The van der Waals surface area contributed by atoms with E-state index in [9.17, 15) is 4.79 Å². The first-order valence-corrected chi connectivity index (χ1v) is 6.86. The Labute approximate surface area is 114 Å². The molecule has 1 saturated heterocycles. The zero-order chi connectivity index (χ0) is 13.7. The molecule has 0 saturated carbocycles. The van der Waals surface area contributed by atoms with Crippen molar-refractivity contribution in [2.45, 2.75) is 26.2 Å². The zero-order valence-corrected chi connectivity index (χ0v) is 11.7. The van der Waals surface area contributed by atoms with Crippen LogP contribution in [0.25, 0.3) is 0 Å². The molecule has 0 aliphatic carbocycles. The molecular formula is C15H22N2O2. The number of methoxy groups -OCH3 is 1. The normalized spacial score (nSPS) is 22.2. The van der Waals surface area contributed by atoms with Crippen molar-refractivity contribution >= 4 is 11.6 Å². The lowest BCUT2D eigenvalue weighted by Gasteiger charge is -2.26. The number of nitrogens with one attached hydrogen (secondary N) is 2. The second-order valence-corrected chi connectivity index (χ2v) is 5.14. The van der Waals surface area contributed by atoms with Crippen LogP contribution in [0.1, 0.15) is 26.2 Å². The molecule has 2 N–H and O–H groups in total. The maximum absolute atomic E-state index is 12.5. The van der Waals surface area contributed by atoms with Crippen LogP contribution in [0.4, 0.5) is 5.69 Å². The minimum absolute atomic E-state index is 0.118. The Bertz CT molecular complexity index is 440. The van der Waals surface area contributed by atoms with Crippen LogP contribution < -0.4 is 15.4 Å². The largest absolute Gasteiger partial charge is 0.497 e. The molecule has 1 aliphatic heterocycles. The molecule has 1 aliphatic rings. The number of anilines is 1. The average Bonchev–Trinajstić information content (AvgIpc) is 2.89. The minimum Gasteiger partial charge on any atom is -0.497 e. The van der Waals surface area contributed by atoms with Gasteiger partial charge < -0.3 is 15.4 Å². The van der Waals surface area contributed by atoms with Crippen molar-refractivity contribution in [3.8, 4) is 5.75 Å². The number of ether oxygens (including phenoxy) is 1. The van der Waals surface area contributed by atoms with Crippen molar-refractivity contribution in [2.24, 2.45) is 5.41 Å². The molecule has 1 aromatic carbocycles. The summed E-state index contributed by atoms with van der Waals surface area (Å²) in [5.41, 5.74) is 0.546. The molecule has 1 aromatic rings. The first kappa shape index (κ1) is 13.9. The second-order valence-electron chi connectivity index (χ2n) is 5.14. The summed E-state index contributed by atoms with van der Waals surface area (Å²) in [6.07, 6.45) is 2.86. The van der Waals surface area contributed by atoms with E-state index in [0.717, 1.165) is 43.8 Å². The third kappa shape index (κ3) is 3.07. The van der Waals surface area contributed by atoms with Crippen LogP contribution in [0.5, 0.6) is 5.75 Å². The number of carbonyl (C=O) groups is 1. The molecule has 0 radical (unpaired) electrons. The van der Waals surface area contributed by atoms with Gasteiger partial charge in [0, 0.05) is 18.3 Å². The summed E-state index contributed by atoms with van der Waals surface area (Å²) in [5, 5.41) is 6.33. The first-order valence-electron chi connectivity index (χ1n) is 6.86. The first-order chi connectivity index (χ1) is 9.20. The second kappa shape index (κ2) is 6.06. The maximum Gasteiger partial charge on any atom is 0.231 e. The van der Waals surface area contributed by atoms with Crippen LogP contribution in [0.2, 0.25) is 0 Å². The summed E-state index contributed by atoms with van der Waals surface area (Å²) in [6, 6.07) is 7.49. The molecule has 1 heterocycles. The number of rotatable bonds is 5. The lowest BCUT2D eigenvalue weighted by Crippen LogP contribution is -2.38. The van der Waals surface area contributed by atoms with Gasteiger partial charge in [0.1, 0.15) is 5.75 Å². The van der Waals surface area contributed by atoms with Gasteiger partial charge in [-0.05, 0) is 31.5 Å². The quantitative estimate of drug-likeness (QED) is 0.856. The minimum atomic E-state index is -0.252. The SMILES string of the molecule is CCCC1(C(=O)Nc2cccc(OC)c2)CCNC1. The standard InChI is InChI=1S/C15H22N2O2/c1-3-7-15(8-9-16-11-15)14(18)17-12-5-4-6-13(10-12)19-2/h4-6,10,16H,3,7-9,11H2,1-2H3,(H,17,18). The van der Waals surface area contributed by atoms with E-state index in [0.29, 0.717) is 0 Å². The number of hydrogen-bond acceptors (Lipinski definition) is 3. The smallest absolute Gasteiger partial charge is 0.231 e. The van der Waals surface area contributed by atoms with Gasteiger partial charge in [-0.2, -0.15) is 0 Å². The van der Waals surface area contributed by atoms with Gasteiger partial charge in [-0.3, -0.25) is 4.79 Å². The number of amides is 1. The van der Waals surface area contributed by atoms with Gasteiger partial charge >= 0.3 is 0 Å². The fourth-order valence-electron chi connectivity index (χ4n) is 2.71. The van der Waals surface area contributed by atoms with Crippen LogP contribution >= 0.6 is 0 Å². The highest BCUT2D eigenvalue weighted by atomic mass is 16.5. The third-order valence-electron chi connectivity index (χ3n) is 3.78. The molecule has 2 rings (SSSR count). The molecule has 1 atom stereocenters. The summed E-state index contributed by atoms with van der Waals surface area (Å²) >= 11 is 0. The highest BCUT2D eigenvalue weighted by molar-refractivity contribution is 5.95. The molecule has 0 spiro atoms. The van der Waals surface area contributed by atoms with Gasteiger partial charge in [0.15, 0.2) is 0 Å². The summed E-state index contributed by atoms with van der Waals surface area (Å²) < 4.78 is 5.17. The molecule has 1 unspecified atom stereocenters. The number of hydrogen-bond donors (Lipinski definition) is 2. The fraction of sp³-hybridized carbons (Fsp3) is 0.533. The van der Waals surface area contributed by atoms with E-state index in [1.54, 1.807) is 7.11 Å². The summed E-state index contributed by atoms with van der Waals surface area (Å²) in [7, 11) is 1.63. The van der Waals surface area contributed by atoms with Gasteiger partial charge in [-0.1, -0.05) is 19.4 Å². The summed E-state index contributed by atoms with van der Waals surface area (Å²) in [5.74, 6) is 0.875. The molecule has 4 nitrogen and oxygen atoms in total. The van der Waals surface area contributed by atoms with E-state index in [1.165, 1.54) is 0 Å². The van der Waals surface area contributed by atoms with E-state index in [4.69, 9.17) is 4.74 Å². The van der Waals surface area contributed by atoms with E-state index in [1.807, 2.05) is 24.3 Å². The monoisotopic (exact) mass is 262 g/mol. The lowest BCUT2D eigenvalue weighted by atomic mass is 9.81. The van der Waals surface area contributed by atoms with Crippen LogP contribution in [0.3, 0.4) is 0 Å². The Morgan fingerprint density at radius 3 is 3.00 bits per heavy atom. The Morgan fingerprint density at radius 1 is 1.53 bits per heavy atom. The van der Waals surface area contributed by atoms with Crippen molar-refractivity contribution < 1.29 is 9.53 Å². The maximum atomic E-state index is 12.5. The molecule has 104 valence electrons. The van der Waals surface area contributed by atoms with Crippen molar-refractivity contribution in [1.82, 2.24) is 5.32 Å². The molecule has 0 aromatic heterocycles. The van der Waals surface area contributed by atoms with Gasteiger partial charge in [0.25, 0.3) is 0 Å². The van der Waals surface area contributed by atoms with Gasteiger partial charge in [0.2, 0.25) is 5.91 Å². The van der Waals surface area contributed by atoms with Crippen molar-refractivity contribution in [3.05, 3.63) is 24.3 Å². The number of carbonyl (C=O) groups excluding carboxylic acids is 1. The number of benzene rings is 1. The van der Waals surface area contributed by atoms with Gasteiger partial charge in [-0.25, -0.2) is 0 Å². The summed E-state index contributed by atoms with van der Waals surface area (Å²) in [4.78, 5) is 12.5. The zero-order valence-electron chi connectivity index (χ0n) is 11.7. The van der Waals surface area contributed by atoms with Crippen LogP contribution in [-0.2, 0) is 4.79 Å². The molecule has 1 amide bonds.